The average Bonchev–Trinajstić information content (AvgIpc) is 3.79. The van der Waals surface area contributed by atoms with Crippen LogP contribution in [0.1, 0.15) is 56.8 Å². The fourth-order valence-electron chi connectivity index (χ4n) is 8.44. The number of halogens is 2. The first-order valence-electron chi connectivity index (χ1n) is 21.1. The van der Waals surface area contributed by atoms with E-state index in [4.69, 9.17) is 21.4 Å². The Labute approximate surface area is 391 Å². The van der Waals surface area contributed by atoms with Crippen LogP contribution in [0.25, 0.3) is 10.4 Å². The smallest absolute Gasteiger partial charge is 0.349 e. The number of carbonyl (C=O) groups is 7. The van der Waals surface area contributed by atoms with Gasteiger partial charge in [0.25, 0.3) is 5.91 Å². The third-order valence-corrected chi connectivity index (χ3v) is 15.5. The van der Waals surface area contributed by atoms with Gasteiger partial charge in [0.2, 0.25) is 33.7 Å². The van der Waals surface area contributed by atoms with Gasteiger partial charge in [-0.15, -0.1) is 11.3 Å². The average molecular weight is 980 g/mol. The van der Waals surface area contributed by atoms with Crippen molar-refractivity contribution in [1.82, 2.24) is 19.4 Å². The van der Waals surface area contributed by atoms with Crippen LogP contribution in [0.3, 0.4) is 0 Å². The lowest BCUT2D eigenvalue weighted by Crippen LogP contribution is -2.55. The maximum absolute atomic E-state index is 15.8. The van der Waals surface area contributed by atoms with Gasteiger partial charge in [0.05, 0.1) is 28.8 Å². The number of carboxylic acid groups (broad SMARTS) is 2. The summed E-state index contributed by atoms with van der Waals surface area (Å²) in [6.07, 6.45) is 1.16. The molecule has 4 aliphatic heterocycles. The molecule has 4 aromatic rings. The van der Waals surface area contributed by atoms with Crippen LogP contribution in [-0.2, 0) is 46.3 Å². The molecular weight excluding hydrogens is 937 g/mol. The number of nitrogens with one attached hydrogen (secondary N) is 4. The highest BCUT2D eigenvalue weighted by atomic mass is 35.5. The van der Waals surface area contributed by atoms with Crippen molar-refractivity contribution < 1.29 is 61.3 Å². The second-order valence-corrected chi connectivity index (χ2v) is 19.8. The summed E-state index contributed by atoms with van der Waals surface area (Å²) in [6.45, 7) is -0.384. The number of hydrogen-bond donors (Lipinski definition) is 6. The molecule has 6 N–H and O–H groups in total. The highest BCUT2D eigenvalue weighted by Crippen LogP contribution is 2.46. The third kappa shape index (κ3) is 10.1. The molecule has 0 radical (unpaired) electrons. The molecule has 8 rings (SSSR count). The van der Waals surface area contributed by atoms with Crippen molar-refractivity contribution >= 4 is 91.5 Å². The molecule has 3 aromatic carbocycles. The van der Waals surface area contributed by atoms with Crippen LogP contribution in [0.4, 0.5) is 21.5 Å². The summed E-state index contributed by atoms with van der Waals surface area (Å²) in [5, 5.41) is 29.9. The summed E-state index contributed by atoms with van der Waals surface area (Å²) in [5.74, 6) is -7.17. The molecule has 3 fully saturated rings. The number of nitrogens with zero attached hydrogens (tertiary/aromatic N) is 3. The van der Waals surface area contributed by atoms with E-state index in [-0.39, 0.29) is 103 Å². The van der Waals surface area contributed by atoms with Crippen molar-refractivity contribution in [2.24, 2.45) is 5.92 Å². The number of aliphatic carboxylic acids is 1. The minimum absolute atomic E-state index is 0.0360. The summed E-state index contributed by atoms with van der Waals surface area (Å²) in [7, 11) is -3.99. The number of piperidine rings is 2. The predicted molar refractivity (Wildman–Crippen MR) is 242 cm³/mol. The lowest BCUT2D eigenvalue weighted by molar-refractivity contribution is -0.140. The number of aromatic carboxylic acids is 1. The first-order valence-corrected chi connectivity index (χ1v) is 23.9. The van der Waals surface area contributed by atoms with Gasteiger partial charge in [-0.25, -0.2) is 26.7 Å². The Bertz CT molecular complexity index is 2810. The van der Waals surface area contributed by atoms with Crippen LogP contribution in [0.5, 0.6) is 5.75 Å². The minimum atomic E-state index is -3.99. The molecule has 1 aromatic heterocycles. The monoisotopic (exact) mass is 979 g/mol. The minimum Gasteiger partial charge on any atom is -0.479 e. The van der Waals surface area contributed by atoms with E-state index < -0.39 is 63.9 Å². The van der Waals surface area contributed by atoms with Crippen LogP contribution in [-0.4, -0.2) is 126 Å². The van der Waals surface area contributed by atoms with E-state index in [1.807, 2.05) is 0 Å². The van der Waals surface area contributed by atoms with Gasteiger partial charge in [-0.3, -0.25) is 29.3 Å². The van der Waals surface area contributed by atoms with Crippen LogP contribution >= 0.6 is 22.9 Å². The van der Waals surface area contributed by atoms with Gasteiger partial charge >= 0.3 is 11.9 Å². The number of amides is 5. The zero-order chi connectivity index (χ0) is 47.7. The van der Waals surface area contributed by atoms with Gasteiger partial charge in [0.15, 0.2) is 23.1 Å². The molecule has 1 atom stereocenters. The second kappa shape index (κ2) is 19.3. The van der Waals surface area contributed by atoms with E-state index in [2.05, 4.69) is 21.3 Å². The van der Waals surface area contributed by atoms with E-state index >= 15 is 4.39 Å². The van der Waals surface area contributed by atoms with Gasteiger partial charge < -0.3 is 40.7 Å². The van der Waals surface area contributed by atoms with Gasteiger partial charge in [0.1, 0.15) is 11.1 Å². The maximum Gasteiger partial charge on any atom is 0.349 e. The lowest BCUT2D eigenvalue weighted by atomic mass is 9.98. The zero-order valence-electron chi connectivity index (χ0n) is 35.4. The summed E-state index contributed by atoms with van der Waals surface area (Å²) in [6, 6.07) is 15.2. The van der Waals surface area contributed by atoms with E-state index in [0.717, 1.165) is 11.3 Å². The van der Waals surface area contributed by atoms with Crippen LogP contribution in [0.15, 0.2) is 60.7 Å². The SMILES string of the molecule is O=C(O)COc1c(C(=O)O)sc(-c2cccc(NC3CCN(S(=O)(=O)Cc4cccc(NC(=O)C5CN(C(=O)CNc6cccc7c6CN(C6CCC(=O)NC6=O)C7=O)C5)c4F)CC3)c2)c1Cl. The highest BCUT2D eigenvalue weighted by molar-refractivity contribution is 7.88. The second-order valence-electron chi connectivity index (χ2n) is 16.4. The van der Waals surface area contributed by atoms with Crippen molar-refractivity contribution in [3.8, 4) is 16.2 Å². The van der Waals surface area contributed by atoms with Crippen LogP contribution < -0.4 is 26.0 Å². The molecule has 67 heavy (non-hydrogen) atoms. The molecular formula is C44H43ClFN7O12S2. The maximum atomic E-state index is 15.8. The number of sulfonamides is 1. The molecule has 352 valence electrons. The van der Waals surface area contributed by atoms with Crippen LogP contribution in [0, 0.1) is 11.7 Å². The Morgan fingerprint density at radius 2 is 1.67 bits per heavy atom. The Morgan fingerprint density at radius 1 is 0.955 bits per heavy atom. The molecule has 5 heterocycles. The topological polar surface area (TPSA) is 261 Å². The van der Waals surface area contributed by atoms with E-state index in [1.165, 1.54) is 32.3 Å². The van der Waals surface area contributed by atoms with Crippen molar-refractivity contribution in [3.05, 3.63) is 93.1 Å². The van der Waals surface area contributed by atoms with E-state index in [1.54, 1.807) is 42.5 Å². The standard InChI is InChI=1S/C44H43ClFN7O12S2/c45-36-38(65-21-35(56)57)40(44(61)62)66-39(36)23-4-1-6-27(16-23)48-26-12-14-52(15-13-26)67(63,64)22-24-5-2-9-31(37(24)46)49-41(58)25-18-51(19-25)34(55)17-47-30-8-3-7-28-29(30)20-53(43(28)60)32-10-11-33(54)50-42(32)59/h1-9,16,25-26,32,47-48H,10-15,17-22H2,(H,49,58)(H,56,57)(H,61,62)(H,50,54,59). The Morgan fingerprint density at radius 3 is 2.39 bits per heavy atom. The number of rotatable bonds is 16. The Kier molecular flexibility index (Phi) is 13.5. The Hall–Kier alpha value is -6.62. The Balaban J connectivity index is 0.803. The summed E-state index contributed by atoms with van der Waals surface area (Å²) in [5.41, 5.74) is 2.43. The third-order valence-electron chi connectivity index (χ3n) is 12.0. The zero-order valence-corrected chi connectivity index (χ0v) is 37.8. The van der Waals surface area contributed by atoms with Crippen molar-refractivity contribution in [1.29, 1.82) is 0 Å². The van der Waals surface area contributed by atoms with E-state index in [9.17, 15) is 47.1 Å². The van der Waals surface area contributed by atoms with Gasteiger partial charge in [-0.1, -0.05) is 41.9 Å². The molecule has 0 spiro atoms. The first kappa shape index (κ1) is 46.9. The summed E-state index contributed by atoms with van der Waals surface area (Å²) < 4.78 is 49.3. The molecule has 0 saturated carbocycles. The summed E-state index contributed by atoms with van der Waals surface area (Å²) >= 11 is 7.30. The number of fused-ring (bicyclic) bond motifs is 1. The number of ether oxygens (including phenoxy) is 1. The number of thiophene rings is 1. The number of carbonyl (C=O) groups excluding carboxylic acids is 5. The van der Waals surface area contributed by atoms with Crippen molar-refractivity contribution in [2.75, 3.05) is 55.3 Å². The largest absolute Gasteiger partial charge is 0.479 e. The van der Waals surface area contributed by atoms with E-state index in [0.29, 0.717) is 45.8 Å². The molecule has 23 heteroatoms. The van der Waals surface area contributed by atoms with Crippen molar-refractivity contribution in [2.45, 2.75) is 50.1 Å². The molecule has 19 nitrogen and oxygen atoms in total. The fraction of sp³-hybridized carbons (Fsp3) is 0.341. The van der Waals surface area contributed by atoms with Gasteiger partial charge in [0, 0.05) is 73.3 Å². The molecule has 5 amide bonds. The predicted octanol–water partition coefficient (Wildman–Crippen LogP) is 4.05. The number of anilines is 3. The fourth-order valence-corrected chi connectivity index (χ4v) is 11.4. The summed E-state index contributed by atoms with van der Waals surface area (Å²) in [4.78, 5) is 89.3. The number of imide groups is 1. The van der Waals surface area contributed by atoms with Crippen molar-refractivity contribution in [3.63, 3.8) is 0 Å². The van der Waals surface area contributed by atoms with Gasteiger partial charge in [-0.2, -0.15) is 0 Å². The molecule has 3 saturated heterocycles. The molecule has 4 aliphatic rings. The quantitative estimate of drug-likeness (QED) is 0.0867. The molecule has 0 bridgehead atoms. The number of benzene rings is 3. The first-order chi connectivity index (χ1) is 32.0. The number of likely N-dealkylation sites (tertiary alicyclic amines) is 1. The number of hydrogen-bond acceptors (Lipinski definition) is 13. The molecule has 0 aliphatic carbocycles. The van der Waals surface area contributed by atoms with Gasteiger partial charge in [-0.05, 0) is 55.2 Å². The van der Waals surface area contributed by atoms with Crippen LogP contribution in [0.2, 0.25) is 5.02 Å². The highest BCUT2D eigenvalue weighted by Gasteiger charge is 2.41. The molecule has 1 unspecified atom stereocenters. The number of carboxylic acids is 2. The normalized spacial score (nSPS) is 17.9. The lowest BCUT2D eigenvalue weighted by Gasteiger charge is -2.38.